The van der Waals surface area contributed by atoms with Gasteiger partial charge in [-0.1, -0.05) is 128 Å². The molecule has 0 radical (unpaired) electrons. The summed E-state index contributed by atoms with van der Waals surface area (Å²) in [5.74, 6) is -0.481. The summed E-state index contributed by atoms with van der Waals surface area (Å²) < 4.78 is 11.6. The molecule has 2 unspecified atom stereocenters. The number of carbonyl (C=O) groups excluding carboxylic acids is 2. The summed E-state index contributed by atoms with van der Waals surface area (Å²) in [6.07, 6.45) is 35.8. The number of esters is 2. The summed E-state index contributed by atoms with van der Waals surface area (Å²) in [6, 6.07) is 0. The first-order chi connectivity index (χ1) is 24.4. The second-order valence-electron chi connectivity index (χ2n) is 15.0. The van der Waals surface area contributed by atoms with Crippen LogP contribution in [0.5, 0.6) is 0 Å². The Hall–Kier alpha value is -2.15. The van der Waals surface area contributed by atoms with Crippen LogP contribution in [0.4, 0.5) is 0 Å². The first kappa shape index (κ1) is 45.9. The smallest absolute Gasteiger partial charge is 0.309 e. The number of carboxylic acid groups (broad SMARTS) is 1. The molecule has 0 saturated carbocycles. The number of piperidine rings is 1. The van der Waals surface area contributed by atoms with Crippen LogP contribution in [0.2, 0.25) is 0 Å². The van der Waals surface area contributed by atoms with Crippen molar-refractivity contribution in [3.8, 4) is 0 Å². The Bertz CT molecular complexity index is 894. The predicted octanol–water partition coefficient (Wildman–Crippen LogP) is 11.2. The van der Waals surface area contributed by atoms with Gasteiger partial charge in [-0.05, 0) is 96.7 Å². The van der Waals surface area contributed by atoms with E-state index in [1.54, 1.807) is 0 Å². The lowest BCUT2D eigenvalue weighted by Crippen LogP contribution is -2.34. The third-order valence-corrected chi connectivity index (χ3v) is 10.3. The molecule has 1 heterocycles. The van der Waals surface area contributed by atoms with Crippen molar-refractivity contribution in [2.45, 2.75) is 181 Å². The number of nitrogens with zero attached hydrogens (tertiary/aromatic N) is 1. The monoisotopic (exact) mass is 704 g/mol. The molecule has 2 atom stereocenters. The van der Waals surface area contributed by atoms with E-state index in [9.17, 15) is 14.4 Å². The van der Waals surface area contributed by atoms with E-state index >= 15 is 0 Å². The number of allylic oxidation sites excluding steroid dienone is 3. The summed E-state index contributed by atoms with van der Waals surface area (Å²) in [6.45, 7) is 7.25. The Morgan fingerprint density at radius 1 is 0.680 bits per heavy atom. The Morgan fingerprint density at radius 2 is 1.22 bits per heavy atom. The van der Waals surface area contributed by atoms with Crippen LogP contribution in [0.25, 0.3) is 0 Å². The van der Waals surface area contributed by atoms with Crippen LogP contribution in [0.3, 0.4) is 0 Å². The molecular formula is C43H77NO6. The van der Waals surface area contributed by atoms with Crippen LogP contribution < -0.4 is 0 Å². The minimum atomic E-state index is -0.715. The van der Waals surface area contributed by atoms with Gasteiger partial charge in [0, 0.05) is 6.42 Å². The highest BCUT2D eigenvalue weighted by Crippen LogP contribution is 2.23. The van der Waals surface area contributed by atoms with E-state index in [2.05, 4.69) is 44.0 Å². The number of rotatable bonds is 33. The van der Waals surface area contributed by atoms with Crippen LogP contribution >= 0.6 is 0 Å². The molecule has 50 heavy (non-hydrogen) atoms. The second kappa shape index (κ2) is 32.7. The highest BCUT2D eigenvalue weighted by atomic mass is 16.5. The van der Waals surface area contributed by atoms with E-state index in [-0.39, 0.29) is 30.2 Å². The average Bonchev–Trinajstić information content (AvgIpc) is 3.10. The zero-order valence-electron chi connectivity index (χ0n) is 32.7. The minimum absolute atomic E-state index is 0.0211. The SMILES string of the molecule is CCCCCC/C=C\COC(=O)C(C/C=C\CCCCCC)CCCCCCC(CCCCCCCC(=O)O)COC(=O)C1CCN(C)CC1. The highest BCUT2D eigenvalue weighted by Gasteiger charge is 2.25. The Kier molecular flexibility index (Phi) is 30.0. The van der Waals surface area contributed by atoms with Gasteiger partial charge in [-0.15, -0.1) is 0 Å². The Labute approximate surface area is 307 Å². The fourth-order valence-corrected chi connectivity index (χ4v) is 6.81. The standard InChI is InChI=1S/C43H77NO6/c1-4-6-8-10-12-16-23-29-39(42(47)49-36-26-20-13-11-9-7-5-2)30-24-19-18-22-28-38(27-21-15-14-17-25-31-41(45)46)37-50-43(48)40-32-34-44(3)35-33-40/h16,20,23,26,38-40H,4-15,17-19,21-22,24-25,27-37H2,1-3H3,(H,45,46)/b23-16-,26-20-. The molecule has 1 fully saturated rings. The fourth-order valence-electron chi connectivity index (χ4n) is 6.81. The number of hydrogen-bond acceptors (Lipinski definition) is 6. The van der Waals surface area contributed by atoms with Gasteiger partial charge < -0.3 is 19.5 Å². The van der Waals surface area contributed by atoms with Crippen LogP contribution in [0.15, 0.2) is 24.3 Å². The molecule has 0 aromatic heterocycles. The van der Waals surface area contributed by atoms with Crippen molar-refractivity contribution in [3.63, 3.8) is 0 Å². The van der Waals surface area contributed by atoms with Crippen molar-refractivity contribution in [2.24, 2.45) is 17.8 Å². The largest absolute Gasteiger partial charge is 0.481 e. The molecule has 1 aliphatic heterocycles. The first-order valence-corrected chi connectivity index (χ1v) is 20.9. The molecule has 0 spiro atoms. The van der Waals surface area contributed by atoms with Crippen molar-refractivity contribution < 1.29 is 29.0 Å². The number of likely N-dealkylation sites (tertiary alicyclic amines) is 1. The van der Waals surface area contributed by atoms with E-state index < -0.39 is 5.97 Å². The lowest BCUT2D eigenvalue weighted by atomic mass is 9.93. The Balaban J connectivity index is 2.51. The minimum Gasteiger partial charge on any atom is -0.481 e. The van der Waals surface area contributed by atoms with Gasteiger partial charge in [0.2, 0.25) is 0 Å². The van der Waals surface area contributed by atoms with E-state index in [0.29, 0.717) is 19.1 Å². The molecule has 0 bridgehead atoms. The summed E-state index contributed by atoms with van der Waals surface area (Å²) in [7, 11) is 2.11. The van der Waals surface area contributed by atoms with Crippen LogP contribution in [0, 0.1) is 17.8 Å². The molecular weight excluding hydrogens is 626 g/mol. The van der Waals surface area contributed by atoms with Crippen LogP contribution in [-0.2, 0) is 23.9 Å². The summed E-state index contributed by atoms with van der Waals surface area (Å²) >= 11 is 0. The molecule has 290 valence electrons. The third kappa shape index (κ3) is 26.6. The van der Waals surface area contributed by atoms with Crippen molar-refractivity contribution in [3.05, 3.63) is 24.3 Å². The molecule has 0 amide bonds. The van der Waals surface area contributed by atoms with Gasteiger partial charge >= 0.3 is 17.9 Å². The van der Waals surface area contributed by atoms with Crippen LogP contribution in [0.1, 0.15) is 181 Å². The maximum atomic E-state index is 13.0. The van der Waals surface area contributed by atoms with Gasteiger partial charge in [-0.3, -0.25) is 14.4 Å². The second-order valence-corrected chi connectivity index (χ2v) is 15.0. The molecule has 1 N–H and O–H groups in total. The number of hydrogen-bond donors (Lipinski definition) is 1. The van der Waals surface area contributed by atoms with Gasteiger partial charge in [0.05, 0.1) is 18.4 Å². The number of unbranched alkanes of at least 4 members (excludes halogenated alkanes) is 15. The first-order valence-electron chi connectivity index (χ1n) is 20.9. The van der Waals surface area contributed by atoms with Gasteiger partial charge in [-0.2, -0.15) is 0 Å². The molecule has 7 heteroatoms. The predicted molar refractivity (Wildman–Crippen MR) is 207 cm³/mol. The fraction of sp³-hybridized carbons (Fsp3) is 0.837. The van der Waals surface area contributed by atoms with Crippen molar-refractivity contribution in [1.82, 2.24) is 4.90 Å². The van der Waals surface area contributed by atoms with Gasteiger partial charge in [0.15, 0.2) is 0 Å². The lowest BCUT2D eigenvalue weighted by Gasteiger charge is -2.28. The molecule has 1 aliphatic rings. The molecule has 0 aromatic rings. The van der Waals surface area contributed by atoms with Crippen LogP contribution in [-0.4, -0.2) is 61.3 Å². The van der Waals surface area contributed by atoms with E-state index in [0.717, 1.165) is 122 Å². The Morgan fingerprint density at radius 3 is 1.82 bits per heavy atom. The van der Waals surface area contributed by atoms with Gasteiger partial charge in [0.1, 0.15) is 6.61 Å². The summed E-state index contributed by atoms with van der Waals surface area (Å²) in [5, 5.41) is 8.87. The van der Waals surface area contributed by atoms with E-state index in [1.807, 2.05) is 6.08 Å². The van der Waals surface area contributed by atoms with Gasteiger partial charge in [0.25, 0.3) is 0 Å². The number of carbonyl (C=O) groups is 3. The quantitative estimate of drug-likeness (QED) is 0.0413. The third-order valence-electron chi connectivity index (χ3n) is 10.3. The maximum Gasteiger partial charge on any atom is 0.309 e. The zero-order chi connectivity index (χ0) is 36.5. The normalized spacial score (nSPS) is 15.5. The topological polar surface area (TPSA) is 93.1 Å². The number of ether oxygens (including phenoxy) is 2. The summed E-state index contributed by atoms with van der Waals surface area (Å²) in [5.41, 5.74) is 0. The van der Waals surface area contributed by atoms with E-state index in [1.165, 1.54) is 51.4 Å². The number of carboxylic acids is 1. The molecule has 1 saturated heterocycles. The lowest BCUT2D eigenvalue weighted by molar-refractivity contribution is -0.151. The summed E-state index contributed by atoms with van der Waals surface area (Å²) in [4.78, 5) is 38.9. The van der Waals surface area contributed by atoms with Crippen molar-refractivity contribution in [2.75, 3.05) is 33.4 Å². The highest BCUT2D eigenvalue weighted by molar-refractivity contribution is 5.73. The van der Waals surface area contributed by atoms with Crippen molar-refractivity contribution in [1.29, 1.82) is 0 Å². The average molecular weight is 704 g/mol. The van der Waals surface area contributed by atoms with Gasteiger partial charge in [-0.25, -0.2) is 0 Å². The van der Waals surface area contributed by atoms with Crippen molar-refractivity contribution >= 4 is 17.9 Å². The molecule has 0 aliphatic carbocycles. The maximum absolute atomic E-state index is 13.0. The molecule has 1 rings (SSSR count). The molecule has 7 nitrogen and oxygen atoms in total. The van der Waals surface area contributed by atoms with E-state index in [4.69, 9.17) is 14.6 Å². The molecule has 0 aromatic carbocycles. The number of aliphatic carboxylic acids is 1. The zero-order valence-corrected chi connectivity index (χ0v) is 32.7.